The Balaban J connectivity index is 1.89. The Morgan fingerprint density at radius 3 is 2.53 bits per heavy atom. The van der Waals surface area contributed by atoms with E-state index >= 15 is 0 Å². The second-order valence-electron chi connectivity index (χ2n) is 4.63. The Kier molecular flexibility index (Phi) is 3.54. The lowest BCUT2D eigenvalue weighted by atomic mass is 9.91. The van der Waals surface area contributed by atoms with Gasteiger partial charge in [-0.05, 0) is 24.1 Å². The number of benzene rings is 1. The Hall–Kier alpha value is -0.870. The van der Waals surface area contributed by atoms with Gasteiger partial charge >= 0.3 is 0 Å². The average molecular weight is 298 g/mol. The molecule has 1 amide bonds. The number of hydrogen-bond donors (Lipinski definition) is 1. The van der Waals surface area contributed by atoms with Crippen molar-refractivity contribution in [2.45, 2.75) is 25.4 Å². The van der Waals surface area contributed by atoms with Crippen LogP contribution in [0.5, 0.6) is 0 Å². The minimum absolute atomic E-state index is 0.0884. The van der Waals surface area contributed by atoms with Crippen molar-refractivity contribution in [1.82, 2.24) is 4.90 Å². The predicted octanol–water partition coefficient (Wildman–Crippen LogP) is 1.97. The maximum atomic E-state index is 11.9. The zero-order valence-electron chi connectivity index (χ0n) is 9.82. The molecular formula is C13H16BrNO2. The quantitative estimate of drug-likeness (QED) is 0.927. The van der Waals surface area contributed by atoms with Crippen LogP contribution in [0.4, 0.5) is 0 Å². The second-order valence-corrected chi connectivity index (χ2v) is 5.55. The van der Waals surface area contributed by atoms with Crippen molar-refractivity contribution in [3.63, 3.8) is 0 Å². The molecule has 4 heteroatoms. The van der Waals surface area contributed by atoms with E-state index in [9.17, 15) is 9.90 Å². The van der Waals surface area contributed by atoms with E-state index in [2.05, 4.69) is 15.9 Å². The summed E-state index contributed by atoms with van der Waals surface area (Å²) in [5.74, 6) is 0.0884. The van der Waals surface area contributed by atoms with Gasteiger partial charge in [-0.15, -0.1) is 0 Å². The zero-order valence-corrected chi connectivity index (χ0v) is 11.4. The highest BCUT2D eigenvalue weighted by Crippen LogP contribution is 2.24. The van der Waals surface area contributed by atoms with Crippen molar-refractivity contribution in [2.24, 2.45) is 0 Å². The number of β-amino-alcohol motifs (C(OH)–C–C–N with tert-alkyl or cyclic N) is 1. The highest BCUT2D eigenvalue weighted by atomic mass is 79.9. The highest BCUT2D eigenvalue weighted by Gasteiger charge is 2.41. The van der Waals surface area contributed by atoms with Gasteiger partial charge in [-0.3, -0.25) is 4.79 Å². The third kappa shape index (κ3) is 2.87. The lowest BCUT2D eigenvalue weighted by Gasteiger charge is -2.46. The molecule has 0 bridgehead atoms. The van der Waals surface area contributed by atoms with Crippen molar-refractivity contribution in [2.75, 3.05) is 13.1 Å². The molecule has 1 heterocycles. The summed E-state index contributed by atoms with van der Waals surface area (Å²) >= 11 is 3.36. The first-order valence-corrected chi connectivity index (χ1v) is 6.56. The third-order valence-electron chi connectivity index (χ3n) is 3.25. The van der Waals surface area contributed by atoms with E-state index in [1.807, 2.05) is 31.2 Å². The number of carbonyl (C=O) groups excluding carboxylic acids is 1. The summed E-state index contributed by atoms with van der Waals surface area (Å²) in [5.41, 5.74) is 0.361. The van der Waals surface area contributed by atoms with E-state index in [-0.39, 0.29) is 5.91 Å². The van der Waals surface area contributed by atoms with Gasteiger partial charge in [0.2, 0.25) is 5.91 Å². The van der Waals surface area contributed by atoms with Gasteiger partial charge in [0.1, 0.15) is 0 Å². The molecule has 2 rings (SSSR count). The van der Waals surface area contributed by atoms with Crippen molar-refractivity contribution >= 4 is 21.8 Å². The maximum Gasteiger partial charge on any atom is 0.227 e. The minimum atomic E-state index is -0.643. The van der Waals surface area contributed by atoms with E-state index in [4.69, 9.17) is 0 Å². The molecule has 17 heavy (non-hydrogen) atoms. The maximum absolute atomic E-state index is 11.9. The number of carbonyl (C=O) groups is 1. The summed E-state index contributed by atoms with van der Waals surface area (Å²) in [6, 6.07) is 7.74. The minimum Gasteiger partial charge on any atom is -0.386 e. The van der Waals surface area contributed by atoms with E-state index in [0.29, 0.717) is 25.9 Å². The predicted molar refractivity (Wildman–Crippen MR) is 69.7 cm³/mol. The van der Waals surface area contributed by atoms with Crippen LogP contribution in [-0.2, 0) is 11.2 Å². The lowest BCUT2D eigenvalue weighted by molar-refractivity contribution is -0.155. The van der Waals surface area contributed by atoms with Crippen molar-refractivity contribution in [3.05, 3.63) is 34.3 Å². The Morgan fingerprint density at radius 2 is 2.00 bits per heavy atom. The summed E-state index contributed by atoms with van der Waals surface area (Å²) in [6.45, 7) is 2.88. The average Bonchev–Trinajstić information content (AvgIpc) is 2.28. The number of nitrogens with zero attached hydrogens (tertiary/aromatic N) is 1. The number of rotatable bonds is 3. The Bertz CT molecular complexity index is 410. The number of aliphatic hydroxyl groups is 1. The first-order chi connectivity index (χ1) is 8.02. The van der Waals surface area contributed by atoms with Crippen LogP contribution in [0, 0.1) is 0 Å². The number of halogens is 1. The van der Waals surface area contributed by atoms with Gasteiger partial charge in [0.25, 0.3) is 0 Å². The van der Waals surface area contributed by atoms with Crippen LogP contribution in [0.15, 0.2) is 28.7 Å². The fourth-order valence-corrected chi connectivity index (χ4v) is 2.22. The second kappa shape index (κ2) is 4.78. The fraction of sp³-hybridized carbons (Fsp3) is 0.462. The summed E-state index contributed by atoms with van der Waals surface area (Å²) in [7, 11) is 0. The molecule has 1 aliphatic heterocycles. The van der Waals surface area contributed by atoms with Crippen LogP contribution in [0.25, 0.3) is 0 Å². The largest absolute Gasteiger partial charge is 0.386 e. The molecule has 0 unspecified atom stereocenters. The van der Waals surface area contributed by atoms with Gasteiger partial charge in [0, 0.05) is 4.47 Å². The molecule has 0 aliphatic carbocycles. The summed E-state index contributed by atoms with van der Waals surface area (Å²) in [5, 5.41) is 9.84. The van der Waals surface area contributed by atoms with Gasteiger partial charge in [-0.25, -0.2) is 0 Å². The summed E-state index contributed by atoms with van der Waals surface area (Å²) in [4.78, 5) is 13.6. The van der Waals surface area contributed by atoms with Crippen molar-refractivity contribution in [1.29, 1.82) is 0 Å². The molecule has 92 valence electrons. The van der Waals surface area contributed by atoms with Gasteiger partial charge in [0.15, 0.2) is 0 Å². The molecule has 1 aromatic rings. The molecule has 0 aromatic heterocycles. The number of amides is 1. The molecule has 1 aliphatic rings. The normalized spacial score (nSPS) is 17.7. The van der Waals surface area contributed by atoms with Gasteiger partial charge in [-0.2, -0.15) is 0 Å². The van der Waals surface area contributed by atoms with E-state index < -0.39 is 5.60 Å². The molecule has 1 fully saturated rings. The van der Waals surface area contributed by atoms with Crippen LogP contribution in [-0.4, -0.2) is 34.6 Å². The number of likely N-dealkylation sites (tertiary alicyclic amines) is 1. The van der Waals surface area contributed by atoms with Crippen molar-refractivity contribution in [3.8, 4) is 0 Å². The molecule has 0 spiro atoms. The van der Waals surface area contributed by atoms with E-state index in [1.165, 1.54) is 0 Å². The molecule has 1 saturated heterocycles. The summed E-state index contributed by atoms with van der Waals surface area (Å²) < 4.78 is 1.01. The van der Waals surface area contributed by atoms with Crippen LogP contribution in [0.1, 0.15) is 18.9 Å². The van der Waals surface area contributed by atoms with Crippen LogP contribution >= 0.6 is 15.9 Å². The Morgan fingerprint density at radius 1 is 1.41 bits per heavy atom. The lowest BCUT2D eigenvalue weighted by Crippen LogP contribution is -2.63. The van der Waals surface area contributed by atoms with Gasteiger partial charge < -0.3 is 10.0 Å². The smallest absolute Gasteiger partial charge is 0.227 e. The Labute approximate surface area is 110 Å². The van der Waals surface area contributed by atoms with E-state index in [0.717, 1.165) is 10.0 Å². The third-order valence-corrected chi connectivity index (χ3v) is 3.78. The van der Waals surface area contributed by atoms with Crippen LogP contribution in [0.2, 0.25) is 0 Å². The molecule has 0 saturated carbocycles. The SMILES string of the molecule is CCC1(O)CN(C(=O)Cc2ccc(Br)cc2)C1. The first kappa shape index (κ1) is 12.6. The molecule has 0 atom stereocenters. The molecule has 0 radical (unpaired) electrons. The summed E-state index contributed by atoms with van der Waals surface area (Å²) in [6.07, 6.45) is 1.11. The van der Waals surface area contributed by atoms with Crippen molar-refractivity contribution < 1.29 is 9.90 Å². The van der Waals surface area contributed by atoms with Crippen LogP contribution < -0.4 is 0 Å². The van der Waals surface area contributed by atoms with Gasteiger partial charge in [0.05, 0.1) is 25.1 Å². The highest BCUT2D eigenvalue weighted by molar-refractivity contribution is 9.10. The molecule has 1 N–H and O–H groups in total. The standard InChI is InChI=1S/C13H16BrNO2/c1-2-13(17)8-15(9-13)12(16)7-10-3-5-11(14)6-4-10/h3-6,17H,2,7-9H2,1H3. The number of hydrogen-bond acceptors (Lipinski definition) is 2. The topological polar surface area (TPSA) is 40.5 Å². The first-order valence-electron chi connectivity index (χ1n) is 5.77. The fourth-order valence-electron chi connectivity index (χ4n) is 1.95. The molecule has 1 aromatic carbocycles. The zero-order chi connectivity index (χ0) is 12.5. The van der Waals surface area contributed by atoms with Crippen LogP contribution in [0.3, 0.4) is 0 Å². The van der Waals surface area contributed by atoms with Gasteiger partial charge in [-0.1, -0.05) is 35.0 Å². The monoisotopic (exact) mass is 297 g/mol. The molecule has 3 nitrogen and oxygen atoms in total. The molecular weight excluding hydrogens is 282 g/mol. The van der Waals surface area contributed by atoms with E-state index in [1.54, 1.807) is 4.90 Å².